The van der Waals surface area contributed by atoms with Gasteiger partial charge in [-0.1, -0.05) is 61.7 Å². The molecule has 0 fully saturated rings. The summed E-state index contributed by atoms with van der Waals surface area (Å²) in [5.74, 6) is 0.171. The normalized spacial score (nSPS) is 13.3. The van der Waals surface area contributed by atoms with Gasteiger partial charge in [-0.15, -0.1) is 6.42 Å². The van der Waals surface area contributed by atoms with Crippen molar-refractivity contribution in [3.63, 3.8) is 0 Å². The molecule has 0 radical (unpaired) electrons. The van der Waals surface area contributed by atoms with Gasteiger partial charge in [-0.25, -0.2) is 9.52 Å². The maximum Gasteiger partial charge on any atom is 0.349 e. The summed E-state index contributed by atoms with van der Waals surface area (Å²) in [5, 5.41) is 2.43. The lowest BCUT2D eigenvalue weighted by Gasteiger charge is -2.33. The van der Waals surface area contributed by atoms with Gasteiger partial charge in [-0.3, -0.25) is 13.8 Å². The molecule has 0 spiro atoms. The molecule has 9 heteroatoms. The van der Waals surface area contributed by atoms with Crippen LogP contribution in [0.15, 0.2) is 54.6 Å². The molecule has 2 rings (SSSR count). The summed E-state index contributed by atoms with van der Waals surface area (Å²) in [5.41, 5.74) is -1.02. The fourth-order valence-electron chi connectivity index (χ4n) is 2.94. The first-order valence-corrected chi connectivity index (χ1v) is 10.9. The van der Waals surface area contributed by atoms with Gasteiger partial charge >= 0.3 is 5.97 Å². The van der Waals surface area contributed by atoms with Crippen LogP contribution in [-0.2, 0) is 20.8 Å². The van der Waals surface area contributed by atoms with Gasteiger partial charge in [0.05, 0.1) is 0 Å². The van der Waals surface area contributed by atoms with Crippen molar-refractivity contribution >= 4 is 28.9 Å². The molecule has 168 valence electrons. The third-order valence-corrected chi connectivity index (χ3v) is 5.09. The number of hydrogen-bond donors (Lipinski definition) is 2. The van der Waals surface area contributed by atoms with E-state index < -0.39 is 28.8 Å². The number of ether oxygens (including phenoxy) is 1. The van der Waals surface area contributed by atoms with Crippen molar-refractivity contribution < 1.29 is 27.9 Å². The van der Waals surface area contributed by atoms with Crippen molar-refractivity contribution in [2.45, 2.75) is 31.8 Å². The summed E-state index contributed by atoms with van der Waals surface area (Å²) >= 11 is -2.88. The van der Waals surface area contributed by atoms with Crippen molar-refractivity contribution in [1.82, 2.24) is 10.0 Å². The summed E-state index contributed by atoms with van der Waals surface area (Å²) in [6.45, 7) is 1.46. The molecule has 2 N–H and O–H groups in total. The smallest absolute Gasteiger partial charge is 0.349 e. The minimum Gasteiger partial charge on any atom is -0.760 e. The molecule has 2 atom stereocenters. The lowest BCUT2D eigenvalue weighted by Crippen LogP contribution is -2.65. The van der Waals surface area contributed by atoms with Crippen molar-refractivity contribution in [3.05, 3.63) is 71.3 Å². The van der Waals surface area contributed by atoms with Gasteiger partial charge in [-0.05, 0) is 25.0 Å². The third kappa shape index (κ3) is 6.59. The van der Waals surface area contributed by atoms with Crippen LogP contribution in [0.5, 0.6) is 0 Å². The van der Waals surface area contributed by atoms with Crippen LogP contribution < -0.4 is 10.0 Å². The Kier molecular flexibility index (Phi) is 9.28. The Morgan fingerprint density at radius 1 is 1.06 bits per heavy atom. The van der Waals surface area contributed by atoms with E-state index in [0.717, 1.165) is 0 Å². The minimum atomic E-state index is -2.88. The second kappa shape index (κ2) is 11.9. The van der Waals surface area contributed by atoms with Crippen molar-refractivity contribution in [1.29, 1.82) is 0 Å². The quantitative estimate of drug-likeness (QED) is 0.176. The number of carbonyl (C=O) groups is 3. The lowest BCUT2D eigenvalue weighted by atomic mass is 10.0. The van der Waals surface area contributed by atoms with E-state index in [1.165, 1.54) is 24.3 Å². The van der Waals surface area contributed by atoms with Crippen LogP contribution in [-0.4, -0.2) is 38.7 Å². The number of nitrogens with one attached hydrogen (secondary N) is 2. The SMILES string of the molecule is C#CCOC(=O)C(CCCC)(NC(=O)c1ccc(C(=O)c2ccccc2)cc1)NS(=O)[O-]. The van der Waals surface area contributed by atoms with E-state index in [-0.39, 0.29) is 24.4 Å². The van der Waals surface area contributed by atoms with Crippen molar-refractivity contribution in [3.8, 4) is 12.3 Å². The maximum absolute atomic E-state index is 12.8. The number of unbranched alkanes of at least 4 members (excludes halogenated alkanes) is 1. The highest BCUT2D eigenvalue weighted by Gasteiger charge is 2.41. The molecular weight excluding hydrogens is 432 g/mol. The molecule has 2 unspecified atom stereocenters. The zero-order valence-electron chi connectivity index (χ0n) is 17.5. The molecule has 0 aliphatic heterocycles. The Bertz CT molecular complexity index is 1020. The van der Waals surface area contributed by atoms with Crippen LogP contribution in [0.25, 0.3) is 0 Å². The van der Waals surface area contributed by atoms with Gasteiger partial charge in [0.15, 0.2) is 12.4 Å². The Labute approximate surface area is 189 Å². The van der Waals surface area contributed by atoms with Gasteiger partial charge in [0.1, 0.15) is 0 Å². The standard InChI is InChI=1S/C23H24N2O6S/c1-3-5-15-23(25-32(29)30,22(28)31-16-4-2)24-21(27)19-13-11-18(12-14-19)20(26)17-9-7-6-8-10-17/h2,6-14,25H,3,5,15-16H2,1H3,(H,24,27)(H,29,30)/p-1. The maximum atomic E-state index is 12.8. The van der Waals surface area contributed by atoms with Gasteiger partial charge in [0, 0.05) is 28.0 Å². The number of ketones is 1. The van der Waals surface area contributed by atoms with Crippen molar-refractivity contribution in [2.75, 3.05) is 6.61 Å². The average molecular weight is 456 g/mol. The monoisotopic (exact) mass is 455 g/mol. The molecular formula is C23H23N2O6S-. The van der Waals surface area contributed by atoms with Crippen LogP contribution in [0.1, 0.15) is 52.5 Å². The molecule has 0 aliphatic carbocycles. The molecule has 0 saturated carbocycles. The summed E-state index contributed by atoms with van der Waals surface area (Å²) < 4.78 is 29.8. The number of rotatable bonds is 11. The molecule has 0 aliphatic rings. The van der Waals surface area contributed by atoms with Crippen LogP contribution >= 0.6 is 0 Å². The summed E-state index contributed by atoms with van der Waals surface area (Å²) in [6, 6.07) is 14.4. The highest BCUT2D eigenvalue weighted by Crippen LogP contribution is 2.17. The third-order valence-electron chi connectivity index (χ3n) is 4.57. The zero-order valence-corrected chi connectivity index (χ0v) is 18.3. The second-order valence-electron chi connectivity index (χ2n) is 6.85. The van der Waals surface area contributed by atoms with E-state index in [0.29, 0.717) is 24.0 Å². The largest absolute Gasteiger partial charge is 0.760 e. The topological polar surface area (TPSA) is 125 Å². The molecule has 0 saturated heterocycles. The number of carbonyl (C=O) groups excluding carboxylic acids is 3. The summed E-state index contributed by atoms with van der Waals surface area (Å²) in [6.07, 6.45) is 6.11. The van der Waals surface area contributed by atoms with Gasteiger partial charge in [0.2, 0.25) is 5.66 Å². The zero-order chi connectivity index (χ0) is 23.6. The molecule has 2 aromatic rings. The number of hydrogen-bond acceptors (Lipinski definition) is 6. The van der Waals surface area contributed by atoms with Crippen LogP contribution in [0.4, 0.5) is 0 Å². The first-order chi connectivity index (χ1) is 15.3. The number of benzene rings is 2. The molecule has 1 amide bonds. The first kappa shape index (κ1) is 24.9. The molecule has 32 heavy (non-hydrogen) atoms. The van der Waals surface area contributed by atoms with Crippen molar-refractivity contribution in [2.24, 2.45) is 0 Å². The average Bonchev–Trinajstić information content (AvgIpc) is 2.80. The fraction of sp³-hybridized carbons (Fsp3) is 0.261. The Hall–Kier alpha value is -3.32. The molecule has 8 nitrogen and oxygen atoms in total. The van der Waals surface area contributed by atoms with E-state index in [4.69, 9.17) is 11.2 Å². The Balaban J connectivity index is 2.27. The number of terminal acetylenes is 1. The molecule has 0 bridgehead atoms. The van der Waals surface area contributed by atoms with E-state index >= 15 is 0 Å². The van der Waals surface area contributed by atoms with E-state index in [2.05, 4.69) is 16.0 Å². The molecule has 0 aromatic heterocycles. The highest BCUT2D eigenvalue weighted by atomic mass is 32.2. The number of amides is 1. The predicted octanol–water partition coefficient (Wildman–Crippen LogP) is 2.09. The van der Waals surface area contributed by atoms with Crippen LogP contribution in [0, 0.1) is 12.3 Å². The van der Waals surface area contributed by atoms with E-state index in [9.17, 15) is 23.1 Å². The summed E-state index contributed by atoms with van der Waals surface area (Å²) in [4.78, 5) is 38.0. The second-order valence-corrected chi connectivity index (χ2v) is 7.53. The highest BCUT2D eigenvalue weighted by molar-refractivity contribution is 7.77. The van der Waals surface area contributed by atoms with Crippen LogP contribution in [0.2, 0.25) is 0 Å². The van der Waals surface area contributed by atoms with Gasteiger partial charge < -0.3 is 14.6 Å². The molecule has 2 aromatic carbocycles. The van der Waals surface area contributed by atoms with E-state index in [1.807, 2.05) is 6.92 Å². The number of esters is 1. The van der Waals surface area contributed by atoms with E-state index in [1.54, 1.807) is 30.3 Å². The molecule has 0 heterocycles. The fourth-order valence-corrected chi connectivity index (χ4v) is 3.46. The summed E-state index contributed by atoms with van der Waals surface area (Å²) in [7, 11) is 0. The Morgan fingerprint density at radius 2 is 1.66 bits per heavy atom. The van der Waals surface area contributed by atoms with Crippen LogP contribution in [0.3, 0.4) is 0 Å². The van der Waals surface area contributed by atoms with Gasteiger partial charge in [0.25, 0.3) is 5.91 Å². The predicted molar refractivity (Wildman–Crippen MR) is 118 cm³/mol. The van der Waals surface area contributed by atoms with Gasteiger partial charge in [-0.2, -0.15) is 0 Å². The minimum absolute atomic E-state index is 0.0444. The Morgan fingerprint density at radius 3 is 2.22 bits per heavy atom. The lowest BCUT2D eigenvalue weighted by molar-refractivity contribution is -0.151. The first-order valence-electron chi connectivity index (χ1n) is 9.83.